The summed E-state index contributed by atoms with van der Waals surface area (Å²) in [6.45, 7) is 7.61. The quantitative estimate of drug-likeness (QED) is 0.517. The molecule has 0 heterocycles. The third kappa shape index (κ3) is 5.20. The molecular weight excluding hydrogens is 196 g/mol. The summed E-state index contributed by atoms with van der Waals surface area (Å²) in [7, 11) is 0. The van der Waals surface area contributed by atoms with Gasteiger partial charge in [-0.1, -0.05) is 5.57 Å². The fourth-order valence-corrected chi connectivity index (χ4v) is 1.03. The average Bonchev–Trinajstić information content (AvgIpc) is 2.14. The summed E-state index contributed by atoms with van der Waals surface area (Å²) in [6, 6.07) is 0. The third-order valence-electron chi connectivity index (χ3n) is 1.75. The molecule has 0 unspecified atom stereocenters. The predicted octanol–water partition coefficient (Wildman–Crippen LogP) is 1.84. The van der Waals surface area contributed by atoms with Gasteiger partial charge in [-0.3, -0.25) is 4.79 Å². The van der Waals surface area contributed by atoms with Crippen molar-refractivity contribution in [3.05, 3.63) is 11.1 Å². The minimum absolute atomic E-state index is 0.0188. The van der Waals surface area contributed by atoms with E-state index in [0.29, 0.717) is 18.8 Å². The lowest BCUT2D eigenvalue weighted by Gasteiger charge is -2.08. The monoisotopic (exact) mass is 214 g/mol. The van der Waals surface area contributed by atoms with Gasteiger partial charge in [0.2, 0.25) is 0 Å². The Morgan fingerprint density at radius 1 is 1.00 bits per heavy atom. The van der Waals surface area contributed by atoms with Crippen LogP contribution in [-0.2, 0) is 19.1 Å². The zero-order valence-corrected chi connectivity index (χ0v) is 9.75. The van der Waals surface area contributed by atoms with Crippen LogP contribution in [0.1, 0.15) is 34.1 Å². The summed E-state index contributed by atoms with van der Waals surface area (Å²) in [5.74, 6) is -0.840. The van der Waals surface area contributed by atoms with Crippen molar-refractivity contribution < 1.29 is 19.1 Å². The van der Waals surface area contributed by atoms with Gasteiger partial charge in [0.15, 0.2) is 0 Å². The molecule has 0 aromatic heterocycles. The zero-order chi connectivity index (χ0) is 11.8. The molecule has 86 valence electrons. The van der Waals surface area contributed by atoms with E-state index in [1.807, 2.05) is 0 Å². The lowest BCUT2D eigenvalue weighted by molar-refractivity contribution is -0.145. The topological polar surface area (TPSA) is 52.6 Å². The highest BCUT2D eigenvalue weighted by molar-refractivity contribution is 5.94. The Bertz CT molecular complexity index is 262. The van der Waals surface area contributed by atoms with Gasteiger partial charge in [0, 0.05) is 5.57 Å². The molecule has 0 rings (SSSR count). The van der Waals surface area contributed by atoms with Gasteiger partial charge >= 0.3 is 11.9 Å². The maximum Gasteiger partial charge on any atom is 0.334 e. The predicted molar refractivity (Wildman–Crippen MR) is 56.3 cm³/mol. The van der Waals surface area contributed by atoms with Crippen LogP contribution in [0.3, 0.4) is 0 Å². The third-order valence-corrected chi connectivity index (χ3v) is 1.75. The molecule has 0 aliphatic heterocycles. The van der Waals surface area contributed by atoms with Crippen LogP contribution in [0.4, 0.5) is 0 Å². The maximum absolute atomic E-state index is 11.4. The number of ether oxygens (including phenoxy) is 2. The fourth-order valence-electron chi connectivity index (χ4n) is 1.03. The Morgan fingerprint density at radius 3 is 1.93 bits per heavy atom. The number of rotatable bonds is 5. The van der Waals surface area contributed by atoms with E-state index in [-0.39, 0.29) is 6.42 Å². The van der Waals surface area contributed by atoms with E-state index in [1.165, 1.54) is 0 Å². The van der Waals surface area contributed by atoms with Gasteiger partial charge in [-0.25, -0.2) is 4.79 Å². The van der Waals surface area contributed by atoms with E-state index in [9.17, 15) is 9.59 Å². The summed E-state index contributed by atoms with van der Waals surface area (Å²) < 4.78 is 9.61. The Kier molecular flexibility index (Phi) is 6.42. The SMILES string of the molecule is CCOC(=O)CC(C(=O)OCC)=C(C)C. The molecule has 0 saturated heterocycles. The molecular formula is C11H18O4. The van der Waals surface area contributed by atoms with Crippen molar-refractivity contribution in [1.82, 2.24) is 0 Å². The van der Waals surface area contributed by atoms with Gasteiger partial charge in [0.05, 0.1) is 19.6 Å². The van der Waals surface area contributed by atoms with Crippen LogP contribution in [-0.4, -0.2) is 25.2 Å². The molecule has 0 saturated carbocycles. The van der Waals surface area contributed by atoms with Gasteiger partial charge in [-0.15, -0.1) is 0 Å². The van der Waals surface area contributed by atoms with E-state index >= 15 is 0 Å². The highest BCUT2D eigenvalue weighted by atomic mass is 16.5. The van der Waals surface area contributed by atoms with Crippen molar-refractivity contribution in [2.75, 3.05) is 13.2 Å². The first kappa shape index (κ1) is 13.7. The molecule has 0 fully saturated rings. The van der Waals surface area contributed by atoms with E-state index in [0.717, 1.165) is 5.57 Å². The Balaban J connectivity index is 4.51. The highest BCUT2D eigenvalue weighted by Gasteiger charge is 2.16. The molecule has 0 radical (unpaired) electrons. The Labute approximate surface area is 90.2 Å². The molecule has 4 heteroatoms. The molecule has 0 bridgehead atoms. The van der Waals surface area contributed by atoms with Crippen LogP contribution >= 0.6 is 0 Å². The van der Waals surface area contributed by atoms with Crippen LogP contribution in [0.5, 0.6) is 0 Å². The molecule has 4 nitrogen and oxygen atoms in total. The van der Waals surface area contributed by atoms with Crippen molar-refractivity contribution in [2.45, 2.75) is 34.1 Å². The van der Waals surface area contributed by atoms with Crippen LogP contribution < -0.4 is 0 Å². The summed E-state index contributed by atoms with van der Waals surface area (Å²) in [5, 5.41) is 0. The fraction of sp³-hybridized carbons (Fsp3) is 0.636. The number of carbonyl (C=O) groups excluding carboxylic acids is 2. The molecule has 0 atom stereocenters. The molecule has 0 aromatic carbocycles. The second-order valence-corrected chi connectivity index (χ2v) is 3.18. The van der Waals surface area contributed by atoms with Gasteiger partial charge in [-0.05, 0) is 27.7 Å². The van der Waals surface area contributed by atoms with E-state index in [2.05, 4.69) is 0 Å². The number of hydrogen-bond acceptors (Lipinski definition) is 4. The number of carbonyl (C=O) groups is 2. The van der Waals surface area contributed by atoms with Crippen molar-refractivity contribution >= 4 is 11.9 Å². The molecule has 0 amide bonds. The number of allylic oxidation sites excluding steroid dienone is 1. The smallest absolute Gasteiger partial charge is 0.334 e. The first-order valence-electron chi connectivity index (χ1n) is 5.02. The van der Waals surface area contributed by atoms with Gasteiger partial charge < -0.3 is 9.47 Å². The maximum atomic E-state index is 11.4. The summed E-state index contributed by atoms with van der Waals surface area (Å²) in [6.07, 6.45) is -0.0188. The lowest BCUT2D eigenvalue weighted by Crippen LogP contribution is -2.14. The minimum Gasteiger partial charge on any atom is -0.466 e. The molecule has 0 N–H and O–H groups in total. The van der Waals surface area contributed by atoms with Crippen LogP contribution in [0, 0.1) is 0 Å². The van der Waals surface area contributed by atoms with Crippen molar-refractivity contribution in [3.63, 3.8) is 0 Å². The largest absolute Gasteiger partial charge is 0.466 e. The van der Waals surface area contributed by atoms with E-state index in [1.54, 1.807) is 27.7 Å². The molecule has 15 heavy (non-hydrogen) atoms. The van der Waals surface area contributed by atoms with Gasteiger partial charge in [-0.2, -0.15) is 0 Å². The second-order valence-electron chi connectivity index (χ2n) is 3.18. The average molecular weight is 214 g/mol. The standard InChI is InChI=1S/C11H18O4/c1-5-14-10(12)7-9(8(3)4)11(13)15-6-2/h5-7H2,1-4H3. The number of esters is 2. The summed E-state index contributed by atoms with van der Waals surface area (Å²) in [4.78, 5) is 22.6. The lowest BCUT2D eigenvalue weighted by atomic mass is 10.1. The van der Waals surface area contributed by atoms with Crippen LogP contribution in [0.2, 0.25) is 0 Å². The molecule has 0 aliphatic carbocycles. The van der Waals surface area contributed by atoms with E-state index in [4.69, 9.17) is 9.47 Å². The Hall–Kier alpha value is -1.32. The minimum atomic E-state index is -0.439. The van der Waals surface area contributed by atoms with Crippen molar-refractivity contribution in [3.8, 4) is 0 Å². The second kappa shape index (κ2) is 7.04. The zero-order valence-electron chi connectivity index (χ0n) is 9.75. The summed E-state index contributed by atoms with van der Waals surface area (Å²) >= 11 is 0. The van der Waals surface area contributed by atoms with Crippen molar-refractivity contribution in [1.29, 1.82) is 0 Å². The number of hydrogen-bond donors (Lipinski definition) is 0. The summed E-state index contributed by atoms with van der Waals surface area (Å²) in [5.41, 5.74) is 1.16. The molecule has 0 spiro atoms. The van der Waals surface area contributed by atoms with Crippen LogP contribution in [0.25, 0.3) is 0 Å². The Morgan fingerprint density at radius 2 is 1.53 bits per heavy atom. The molecule has 0 aliphatic rings. The van der Waals surface area contributed by atoms with Crippen molar-refractivity contribution in [2.24, 2.45) is 0 Å². The highest BCUT2D eigenvalue weighted by Crippen LogP contribution is 2.11. The first-order chi connectivity index (χ1) is 7.02. The normalized spacial score (nSPS) is 9.33. The van der Waals surface area contributed by atoms with E-state index < -0.39 is 11.9 Å². The molecule has 0 aromatic rings. The van der Waals surface area contributed by atoms with Gasteiger partial charge in [0.1, 0.15) is 0 Å². The first-order valence-corrected chi connectivity index (χ1v) is 5.02. The van der Waals surface area contributed by atoms with Gasteiger partial charge in [0.25, 0.3) is 0 Å². The van der Waals surface area contributed by atoms with Crippen LogP contribution in [0.15, 0.2) is 11.1 Å².